The number of aliphatic hydroxyl groups is 11. The molecule has 1 amide bonds. The summed E-state index contributed by atoms with van der Waals surface area (Å²) in [5, 5.41) is 119. The molecule has 0 spiro atoms. The third-order valence-corrected chi connectivity index (χ3v) is 17.4. The van der Waals surface area contributed by atoms with E-state index in [1.54, 1.807) is 6.08 Å². The Morgan fingerprint density at radius 3 is 1.19 bits per heavy atom. The number of aliphatic hydroxyl groups excluding tert-OH is 11. The zero-order valence-electron chi connectivity index (χ0n) is 54.2. The first-order valence-electron chi connectivity index (χ1n) is 34.9. The molecule has 0 bridgehead atoms. The Balaban J connectivity index is 1.20. The smallest absolute Gasteiger partial charge is 0.220 e. The second kappa shape index (κ2) is 51.2. The molecule has 3 fully saturated rings. The second-order valence-corrected chi connectivity index (χ2v) is 25.0. The van der Waals surface area contributed by atoms with E-state index in [1.165, 1.54) is 173 Å². The SMILES string of the molecule is CCCC/C=C/C(O)C(COC1OC(CO)C(OC2OC(CO)C(OC3OC(CO)C(O)C(O)C3O)C(O)C2O)C(O)C1O)NC(=O)CCCCCCCCCCCCCCCCCCCCCCCCCC/C=C\C/C=C\C/C=C\CCCCCCC. The number of carbonyl (C=O) groups is 1. The number of amides is 1. The van der Waals surface area contributed by atoms with Crippen molar-refractivity contribution in [3.63, 3.8) is 0 Å². The first kappa shape index (κ1) is 80.0. The highest BCUT2D eigenvalue weighted by Crippen LogP contribution is 2.33. The Morgan fingerprint density at radius 1 is 0.409 bits per heavy atom. The van der Waals surface area contributed by atoms with Crippen molar-refractivity contribution in [1.29, 1.82) is 0 Å². The summed E-state index contributed by atoms with van der Waals surface area (Å²) in [6, 6.07) is -0.967. The normalized spacial score (nSPS) is 28.7. The summed E-state index contributed by atoms with van der Waals surface area (Å²) in [5.74, 6) is -0.282. The Kier molecular flexibility index (Phi) is 46.5. The minimum atomic E-state index is -1.98. The van der Waals surface area contributed by atoms with Crippen molar-refractivity contribution >= 4 is 5.91 Å². The molecule has 17 unspecified atom stereocenters. The molecule has 3 saturated heterocycles. The molecule has 0 aromatic rings. The summed E-state index contributed by atoms with van der Waals surface area (Å²) in [7, 11) is 0. The van der Waals surface area contributed by atoms with Crippen molar-refractivity contribution in [2.45, 2.75) is 356 Å². The third-order valence-electron chi connectivity index (χ3n) is 17.4. The largest absolute Gasteiger partial charge is 0.394 e. The molecule has 0 aromatic heterocycles. The maximum absolute atomic E-state index is 13.2. The number of carbonyl (C=O) groups excluding carboxylic acids is 1. The quantitative estimate of drug-likeness (QED) is 0.0200. The summed E-state index contributed by atoms with van der Waals surface area (Å²) in [5.41, 5.74) is 0. The Hall–Kier alpha value is -2.25. The van der Waals surface area contributed by atoms with Crippen LogP contribution in [0.4, 0.5) is 0 Å². The van der Waals surface area contributed by atoms with Gasteiger partial charge in [0.05, 0.1) is 38.6 Å². The molecule has 3 aliphatic rings. The van der Waals surface area contributed by atoms with Gasteiger partial charge < -0.3 is 89.9 Å². The van der Waals surface area contributed by atoms with Crippen LogP contribution >= 0.6 is 0 Å². The highest BCUT2D eigenvalue weighted by molar-refractivity contribution is 5.76. The number of allylic oxidation sites excluding steroid dienone is 7. The van der Waals surface area contributed by atoms with Crippen LogP contribution in [0.3, 0.4) is 0 Å². The van der Waals surface area contributed by atoms with Crippen LogP contribution in [0.15, 0.2) is 48.6 Å². The lowest BCUT2D eigenvalue weighted by molar-refractivity contribution is -0.379. The minimum absolute atomic E-state index is 0.244. The Bertz CT molecular complexity index is 1790. The molecule has 0 aromatic carbocycles. The summed E-state index contributed by atoms with van der Waals surface area (Å²) < 4.78 is 34.1. The monoisotopic (exact) mass is 1260 g/mol. The van der Waals surface area contributed by atoms with E-state index in [0.717, 1.165) is 44.9 Å². The van der Waals surface area contributed by atoms with Crippen molar-refractivity contribution in [3.05, 3.63) is 48.6 Å². The van der Waals surface area contributed by atoms with Crippen LogP contribution in [0, 0.1) is 0 Å². The fraction of sp³-hybridized carbons (Fsp3) is 0.870. The van der Waals surface area contributed by atoms with Crippen LogP contribution in [-0.4, -0.2) is 193 Å². The second-order valence-electron chi connectivity index (χ2n) is 25.0. The average molecular weight is 1260 g/mol. The number of ether oxygens (including phenoxy) is 6. The molecule has 0 radical (unpaired) electrons. The molecule has 19 heteroatoms. The number of unbranched alkanes of at least 4 members (excludes halogenated alkanes) is 31. The molecule has 0 saturated carbocycles. The van der Waals surface area contributed by atoms with Gasteiger partial charge in [-0.1, -0.05) is 242 Å². The highest BCUT2D eigenvalue weighted by atomic mass is 16.8. The average Bonchev–Trinajstić information content (AvgIpc) is 0.959. The van der Waals surface area contributed by atoms with E-state index >= 15 is 0 Å². The molecule has 19 nitrogen and oxygen atoms in total. The molecule has 0 aliphatic carbocycles. The van der Waals surface area contributed by atoms with Crippen LogP contribution in [0.1, 0.15) is 251 Å². The molecule has 514 valence electrons. The van der Waals surface area contributed by atoms with Crippen LogP contribution in [0.25, 0.3) is 0 Å². The molecule has 17 atom stereocenters. The first-order valence-corrected chi connectivity index (χ1v) is 34.9. The van der Waals surface area contributed by atoms with Gasteiger partial charge in [0.25, 0.3) is 0 Å². The Labute approximate surface area is 529 Å². The van der Waals surface area contributed by atoms with Gasteiger partial charge in [0.1, 0.15) is 73.2 Å². The lowest BCUT2D eigenvalue weighted by Crippen LogP contribution is -2.66. The van der Waals surface area contributed by atoms with Gasteiger partial charge in [0.2, 0.25) is 5.91 Å². The number of hydrogen-bond acceptors (Lipinski definition) is 18. The number of nitrogens with one attached hydrogen (secondary N) is 1. The van der Waals surface area contributed by atoms with E-state index in [0.29, 0.717) is 12.8 Å². The highest BCUT2D eigenvalue weighted by Gasteiger charge is 2.53. The minimum Gasteiger partial charge on any atom is -0.394 e. The van der Waals surface area contributed by atoms with Crippen LogP contribution in [-0.2, 0) is 33.2 Å². The van der Waals surface area contributed by atoms with Crippen molar-refractivity contribution in [3.8, 4) is 0 Å². The summed E-state index contributed by atoms with van der Waals surface area (Å²) in [6.07, 6.45) is 35.3. The van der Waals surface area contributed by atoms with E-state index in [4.69, 9.17) is 28.4 Å². The van der Waals surface area contributed by atoms with Crippen molar-refractivity contribution < 1.29 is 89.4 Å². The van der Waals surface area contributed by atoms with Crippen molar-refractivity contribution in [2.24, 2.45) is 0 Å². The fourth-order valence-corrected chi connectivity index (χ4v) is 11.7. The van der Waals surface area contributed by atoms with Crippen LogP contribution < -0.4 is 5.32 Å². The predicted octanol–water partition coefficient (Wildman–Crippen LogP) is 9.00. The number of rotatable bonds is 53. The summed E-state index contributed by atoms with van der Waals surface area (Å²) in [4.78, 5) is 13.2. The molecule has 3 rings (SSSR count). The zero-order valence-corrected chi connectivity index (χ0v) is 54.2. The molecular formula is C69H125NO18. The van der Waals surface area contributed by atoms with E-state index in [2.05, 4.69) is 48.7 Å². The predicted molar refractivity (Wildman–Crippen MR) is 342 cm³/mol. The van der Waals surface area contributed by atoms with Crippen LogP contribution in [0.5, 0.6) is 0 Å². The molecule has 12 N–H and O–H groups in total. The molecular weight excluding hydrogens is 1130 g/mol. The van der Waals surface area contributed by atoms with Gasteiger partial charge in [0.15, 0.2) is 18.9 Å². The molecule has 3 heterocycles. The molecule has 3 aliphatic heterocycles. The topological polar surface area (TPSA) is 307 Å². The fourth-order valence-electron chi connectivity index (χ4n) is 11.7. The summed E-state index contributed by atoms with van der Waals surface area (Å²) >= 11 is 0. The van der Waals surface area contributed by atoms with Gasteiger partial charge in [-0.15, -0.1) is 0 Å². The summed E-state index contributed by atoms with van der Waals surface area (Å²) in [6.45, 7) is 1.54. The first-order chi connectivity index (χ1) is 42.8. The van der Waals surface area contributed by atoms with Crippen molar-refractivity contribution in [1.82, 2.24) is 5.32 Å². The number of hydrogen-bond donors (Lipinski definition) is 12. The van der Waals surface area contributed by atoms with Crippen LogP contribution in [0.2, 0.25) is 0 Å². The van der Waals surface area contributed by atoms with E-state index in [1.807, 2.05) is 13.0 Å². The lowest BCUT2D eigenvalue weighted by atomic mass is 9.96. The maximum Gasteiger partial charge on any atom is 0.220 e. The zero-order chi connectivity index (χ0) is 64.0. The van der Waals surface area contributed by atoms with Gasteiger partial charge in [-0.2, -0.15) is 0 Å². The van der Waals surface area contributed by atoms with Gasteiger partial charge in [-0.25, -0.2) is 0 Å². The van der Waals surface area contributed by atoms with Gasteiger partial charge >= 0.3 is 0 Å². The van der Waals surface area contributed by atoms with Gasteiger partial charge in [0, 0.05) is 6.42 Å². The Morgan fingerprint density at radius 2 is 0.761 bits per heavy atom. The van der Waals surface area contributed by atoms with E-state index < -0.39 is 124 Å². The van der Waals surface area contributed by atoms with Gasteiger partial charge in [-0.3, -0.25) is 4.79 Å². The molecule has 88 heavy (non-hydrogen) atoms. The lowest BCUT2D eigenvalue weighted by Gasteiger charge is -2.48. The maximum atomic E-state index is 13.2. The van der Waals surface area contributed by atoms with E-state index in [9.17, 15) is 61.0 Å². The standard InChI is InChI=1S/C69H125NO18/c1-3-5-7-9-10-11-12-13-14-15-16-17-18-19-20-21-22-23-24-25-26-27-28-29-30-31-32-33-34-35-36-37-38-39-40-41-42-43-45-47-57(75)70-52(53(74)46-44-8-6-4-2)51-83-67-63(81)60(78)65(55(49-72)85-67)88-69-64(82)61(79)66(56(50-73)86-69)87-68-62(80)59(77)58(76)54(48-71)84-68/h12-13,15-16,18-19,44,46,52-56,58-69,71-74,76-82H,3-11,14,17,20-43,45,47-51H2,1-2H3,(H,70,75)/b13-12-,16-15-,19-18-,46-44+. The van der Waals surface area contributed by atoms with Crippen molar-refractivity contribution in [2.75, 3.05) is 26.4 Å². The van der Waals surface area contributed by atoms with Gasteiger partial charge in [-0.05, 0) is 51.4 Å². The third kappa shape index (κ3) is 33.0. The van der Waals surface area contributed by atoms with E-state index in [-0.39, 0.29) is 18.9 Å².